The minimum absolute atomic E-state index is 0.0113. The summed E-state index contributed by atoms with van der Waals surface area (Å²) in [5.74, 6) is -0.702. The maximum Gasteiger partial charge on any atom is 0.229 e. The molecule has 2 aromatic rings. The predicted molar refractivity (Wildman–Crippen MR) is 119 cm³/mol. The molecule has 2 saturated heterocycles. The Labute approximate surface area is 183 Å². The molecule has 2 aromatic carbocycles. The highest BCUT2D eigenvalue weighted by atomic mass is 16.3. The number of aliphatic hydroxyl groups is 1. The lowest BCUT2D eigenvalue weighted by molar-refractivity contribution is -0.135. The third-order valence-electron chi connectivity index (χ3n) is 6.44. The molecule has 4 unspecified atom stereocenters. The second-order valence-corrected chi connectivity index (χ2v) is 8.56. The average molecular weight is 422 g/mol. The predicted octanol–water partition coefficient (Wildman–Crippen LogP) is 2.43. The van der Waals surface area contributed by atoms with Crippen molar-refractivity contribution in [2.45, 2.75) is 31.4 Å². The van der Waals surface area contributed by atoms with E-state index in [9.17, 15) is 14.7 Å². The first-order valence-corrected chi connectivity index (χ1v) is 11.2. The van der Waals surface area contributed by atoms with Crippen LogP contribution in [0.1, 0.15) is 42.5 Å². The van der Waals surface area contributed by atoms with Crippen molar-refractivity contribution in [1.29, 1.82) is 0 Å². The molecule has 3 N–H and O–H groups in total. The number of carbonyl (C=O) groups is 2. The molecule has 2 amide bonds. The van der Waals surface area contributed by atoms with Crippen LogP contribution in [0.4, 0.5) is 0 Å². The first kappa shape index (κ1) is 21.5. The summed E-state index contributed by atoms with van der Waals surface area (Å²) in [6.07, 6.45) is 1.29. The molecule has 0 aromatic heterocycles. The fourth-order valence-electron chi connectivity index (χ4n) is 4.74. The number of hydrogen-bond acceptors (Lipinski definition) is 4. The SMILES string of the molecule is O=C1CC(c2ccccc2)NCCCCN2CC(CN1)C(C(O)c1ccccc1)C2=O. The van der Waals surface area contributed by atoms with E-state index in [0.717, 1.165) is 30.5 Å². The number of amides is 2. The lowest BCUT2D eigenvalue weighted by atomic mass is 9.86. The van der Waals surface area contributed by atoms with E-state index < -0.39 is 12.0 Å². The number of carbonyl (C=O) groups excluding carboxylic acids is 2. The van der Waals surface area contributed by atoms with E-state index in [1.807, 2.05) is 65.6 Å². The summed E-state index contributed by atoms with van der Waals surface area (Å²) in [6.45, 7) is 2.42. The van der Waals surface area contributed by atoms with Gasteiger partial charge < -0.3 is 20.6 Å². The average Bonchev–Trinajstić information content (AvgIpc) is 3.12. The number of fused-ring (bicyclic) bond motifs is 2. The zero-order chi connectivity index (χ0) is 21.6. The van der Waals surface area contributed by atoms with E-state index in [-0.39, 0.29) is 23.8 Å². The Balaban J connectivity index is 1.50. The molecule has 0 saturated carbocycles. The van der Waals surface area contributed by atoms with E-state index in [0.29, 0.717) is 26.1 Å². The molecule has 164 valence electrons. The van der Waals surface area contributed by atoms with Crippen molar-refractivity contribution in [3.8, 4) is 0 Å². The van der Waals surface area contributed by atoms with E-state index in [1.165, 1.54) is 0 Å². The number of nitrogens with one attached hydrogen (secondary N) is 2. The zero-order valence-electron chi connectivity index (χ0n) is 17.7. The van der Waals surface area contributed by atoms with Crippen molar-refractivity contribution in [3.63, 3.8) is 0 Å². The number of nitrogens with zero attached hydrogens (tertiary/aromatic N) is 1. The van der Waals surface area contributed by atoms with Crippen LogP contribution in [0.25, 0.3) is 0 Å². The lowest BCUT2D eigenvalue weighted by Gasteiger charge is -2.24. The van der Waals surface area contributed by atoms with Crippen LogP contribution < -0.4 is 10.6 Å². The maximum atomic E-state index is 13.1. The van der Waals surface area contributed by atoms with Gasteiger partial charge in [-0.05, 0) is 30.5 Å². The van der Waals surface area contributed by atoms with E-state index >= 15 is 0 Å². The number of rotatable bonds is 3. The molecule has 2 aliphatic rings. The summed E-state index contributed by atoms with van der Waals surface area (Å²) in [5, 5.41) is 17.5. The Morgan fingerprint density at radius 1 is 0.968 bits per heavy atom. The summed E-state index contributed by atoms with van der Waals surface area (Å²) in [5.41, 5.74) is 1.85. The van der Waals surface area contributed by atoms with Crippen LogP contribution in [0.5, 0.6) is 0 Å². The van der Waals surface area contributed by atoms with Crippen LogP contribution in [0.15, 0.2) is 60.7 Å². The third kappa shape index (κ3) is 5.14. The van der Waals surface area contributed by atoms with Gasteiger partial charge in [-0.25, -0.2) is 0 Å². The van der Waals surface area contributed by atoms with E-state index in [4.69, 9.17) is 0 Å². The summed E-state index contributed by atoms with van der Waals surface area (Å²) in [6, 6.07) is 19.3. The quantitative estimate of drug-likeness (QED) is 0.711. The van der Waals surface area contributed by atoms with E-state index in [1.54, 1.807) is 0 Å². The number of hydrogen-bond donors (Lipinski definition) is 3. The van der Waals surface area contributed by atoms with Crippen LogP contribution in [0, 0.1) is 11.8 Å². The normalized spacial score (nSPS) is 26.4. The van der Waals surface area contributed by atoms with Crippen molar-refractivity contribution in [2.24, 2.45) is 11.8 Å². The highest BCUT2D eigenvalue weighted by Gasteiger charge is 2.44. The molecule has 2 fully saturated rings. The third-order valence-corrected chi connectivity index (χ3v) is 6.44. The Bertz CT molecular complexity index is 874. The van der Waals surface area contributed by atoms with Crippen LogP contribution in [-0.4, -0.2) is 48.0 Å². The standard InChI is InChI=1S/C25H31N3O3/c29-22-15-21(18-9-3-1-4-10-18)26-13-7-8-14-28-17-20(16-27-22)23(25(28)31)24(30)19-11-5-2-6-12-19/h1-6,9-12,20-21,23-24,26,30H,7-8,13-17H2,(H,27,29). The van der Waals surface area contributed by atoms with Crippen LogP contribution in [0.3, 0.4) is 0 Å². The van der Waals surface area contributed by atoms with Crippen LogP contribution in [0.2, 0.25) is 0 Å². The highest BCUT2D eigenvalue weighted by Crippen LogP contribution is 2.35. The van der Waals surface area contributed by atoms with Gasteiger partial charge in [0.25, 0.3) is 0 Å². The molecule has 2 heterocycles. The fraction of sp³-hybridized carbons (Fsp3) is 0.440. The van der Waals surface area contributed by atoms with Crippen molar-refractivity contribution in [1.82, 2.24) is 15.5 Å². The molecule has 2 bridgehead atoms. The minimum Gasteiger partial charge on any atom is -0.388 e. The van der Waals surface area contributed by atoms with Gasteiger partial charge in [0.05, 0.1) is 12.0 Å². The summed E-state index contributed by atoms with van der Waals surface area (Å²) in [7, 11) is 0. The van der Waals surface area contributed by atoms with Crippen molar-refractivity contribution < 1.29 is 14.7 Å². The smallest absolute Gasteiger partial charge is 0.229 e. The van der Waals surface area contributed by atoms with Gasteiger partial charge in [0.15, 0.2) is 0 Å². The Morgan fingerprint density at radius 2 is 1.68 bits per heavy atom. The van der Waals surface area contributed by atoms with Gasteiger partial charge >= 0.3 is 0 Å². The molecule has 0 aliphatic carbocycles. The monoisotopic (exact) mass is 421 g/mol. The summed E-state index contributed by atoms with van der Waals surface area (Å²) in [4.78, 5) is 27.7. The van der Waals surface area contributed by atoms with Gasteiger partial charge in [-0.3, -0.25) is 9.59 Å². The molecular weight excluding hydrogens is 390 g/mol. The lowest BCUT2D eigenvalue weighted by Crippen LogP contribution is -2.37. The van der Waals surface area contributed by atoms with Crippen molar-refractivity contribution >= 4 is 11.8 Å². The molecule has 2 aliphatic heterocycles. The van der Waals surface area contributed by atoms with Gasteiger partial charge in [-0.15, -0.1) is 0 Å². The number of aliphatic hydroxyl groups excluding tert-OH is 1. The molecule has 6 nitrogen and oxygen atoms in total. The van der Waals surface area contributed by atoms with Gasteiger partial charge in [0.2, 0.25) is 11.8 Å². The van der Waals surface area contributed by atoms with Crippen molar-refractivity contribution in [3.05, 3.63) is 71.8 Å². The molecule has 0 radical (unpaired) electrons. The Kier molecular flexibility index (Phi) is 6.99. The Morgan fingerprint density at radius 3 is 2.42 bits per heavy atom. The first-order chi connectivity index (χ1) is 15.1. The number of benzene rings is 2. The van der Waals surface area contributed by atoms with E-state index in [2.05, 4.69) is 10.6 Å². The van der Waals surface area contributed by atoms with Gasteiger partial charge in [0, 0.05) is 38.0 Å². The highest BCUT2D eigenvalue weighted by molar-refractivity contribution is 5.82. The minimum atomic E-state index is -0.868. The molecular formula is C25H31N3O3. The summed E-state index contributed by atoms with van der Waals surface area (Å²) < 4.78 is 0. The zero-order valence-corrected chi connectivity index (χ0v) is 17.7. The van der Waals surface area contributed by atoms with Crippen LogP contribution >= 0.6 is 0 Å². The fourth-order valence-corrected chi connectivity index (χ4v) is 4.74. The largest absolute Gasteiger partial charge is 0.388 e. The second kappa shape index (κ2) is 10.1. The van der Waals surface area contributed by atoms with Gasteiger partial charge in [-0.1, -0.05) is 60.7 Å². The Hall–Kier alpha value is -2.70. The van der Waals surface area contributed by atoms with Crippen molar-refractivity contribution in [2.75, 3.05) is 26.2 Å². The molecule has 31 heavy (non-hydrogen) atoms. The van der Waals surface area contributed by atoms with Gasteiger partial charge in [-0.2, -0.15) is 0 Å². The topological polar surface area (TPSA) is 81.7 Å². The maximum absolute atomic E-state index is 13.1. The molecule has 4 atom stereocenters. The summed E-state index contributed by atoms with van der Waals surface area (Å²) >= 11 is 0. The molecule has 0 spiro atoms. The van der Waals surface area contributed by atoms with Gasteiger partial charge in [0.1, 0.15) is 0 Å². The first-order valence-electron chi connectivity index (χ1n) is 11.2. The molecule has 6 heteroatoms. The van der Waals surface area contributed by atoms with Crippen LogP contribution in [-0.2, 0) is 9.59 Å². The second-order valence-electron chi connectivity index (χ2n) is 8.56. The molecule has 4 rings (SSSR count).